The molecule has 6 aliphatic rings. The molecule has 4 N–H and O–H groups in total. The third-order valence-corrected chi connectivity index (χ3v) is 29.5. The van der Waals surface area contributed by atoms with Gasteiger partial charge in [-0.15, -0.1) is 34.0 Å². The van der Waals surface area contributed by atoms with Crippen molar-refractivity contribution < 1.29 is 70.8 Å². The summed E-state index contributed by atoms with van der Waals surface area (Å²) in [6, 6.07) is 37.4. The zero-order chi connectivity index (χ0) is 99.0. The number of nitrogens with zero attached hydrogens (tertiary/aromatic N) is 11. The number of halogens is 3. The number of benzene rings is 3. The maximum absolute atomic E-state index is 15.0. The molecule has 25 nitrogen and oxygen atoms in total. The number of aromatic nitrogens is 6. The van der Waals surface area contributed by atoms with Gasteiger partial charge in [-0.05, 0) is 201 Å². The van der Waals surface area contributed by atoms with Crippen LogP contribution in [0.5, 0.6) is 34.5 Å². The van der Waals surface area contributed by atoms with Crippen LogP contribution < -0.4 is 25.3 Å². The molecule has 0 unspecified atom stereocenters. The molecule has 9 aromatic heterocycles. The molecule has 3 saturated carbocycles. The van der Waals surface area contributed by atoms with Crippen molar-refractivity contribution in [3.8, 4) is 66.2 Å². The molecule has 18 rings (SSSR count). The fourth-order valence-corrected chi connectivity index (χ4v) is 20.0. The minimum Gasteiger partial charge on any atom is -0.481 e. The zero-order valence-electron chi connectivity index (χ0n) is 81.4. The average molecular weight is 1960 g/mol. The van der Waals surface area contributed by atoms with Crippen molar-refractivity contribution in [3.05, 3.63) is 215 Å². The van der Waals surface area contributed by atoms with Gasteiger partial charge in [0, 0.05) is 198 Å². The van der Waals surface area contributed by atoms with Crippen LogP contribution in [-0.2, 0) is 77.2 Å². The van der Waals surface area contributed by atoms with Crippen molar-refractivity contribution in [3.63, 3.8) is 0 Å². The summed E-state index contributed by atoms with van der Waals surface area (Å²) < 4.78 is 70.4. The van der Waals surface area contributed by atoms with Crippen molar-refractivity contribution in [2.75, 3.05) is 78.5 Å². The second kappa shape index (κ2) is 47.3. The second-order valence-electron chi connectivity index (χ2n) is 39.8. The fraction of sp³-hybridized carbons (Fsp3) is 0.440. The smallest absolute Gasteiger partial charge is 0.307 e. The van der Waals surface area contributed by atoms with E-state index < -0.39 is 47.0 Å². The van der Waals surface area contributed by atoms with Gasteiger partial charge in [0.15, 0.2) is 34.7 Å². The van der Waals surface area contributed by atoms with Gasteiger partial charge in [0.1, 0.15) is 40.2 Å². The summed E-state index contributed by atoms with van der Waals surface area (Å²) >= 11 is 4.54. The lowest BCUT2D eigenvalue weighted by atomic mass is 9.93. The SMILES string of the molecule is CC(C)[C@H](C)C(=O)N1CCN(Cc2ccc(-c3cc4nccc(Oc5ccc(CC(=O)CC6CC6)cc5F)c4s3)nc2)CC1.CC(C)[C@H](CC(=O)OC(C)(C)C)C(=O)O.CC(C)[C@H](N)C(=O)N1CCN(Cc2ccc(-c3cc4nccc(Oc5ccc(CC(=O)CC6CC6)cc5F)c4s3)nc2)CC1.O=C(Cc1ccc(Oc2ccnc3cc(-c4ccc(CN5CCNCC5)cn4)sc23)c(F)c1)CC1CC1. The number of nitrogens with one attached hydrogen (secondary N) is 1. The Kier molecular flexibility index (Phi) is 34.7. The van der Waals surface area contributed by atoms with Crippen molar-refractivity contribution in [2.24, 2.45) is 53.1 Å². The predicted octanol–water partition coefficient (Wildman–Crippen LogP) is 20.6. The molecule has 3 aromatic carbocycles. The summed E-state index contributed by atoms with van der Waals surface area (Å²) in [7, 11) is 0. The van der Waals surface area contributed by atoms with Crippen LogP contribution in [0.2, 0.25) is 0 Å². The summed E-state index contributed by atoms with van der Waals surface area (Å²) in [6.07, 6.45) is 20.0. The van der Waals surface area contributed by atoms with E-state index in [1.807, 2.05) is 85.6 Å². The number of Topliss-reactive ketones (excluding diaryl/α,β-unsaturated/α-hetero) is 3. The molecule has 3 aliphatic carbocycles. The van der Waals surface area contributed by atoms with Crippen LogP contribution in [0.4, 0.5) is 13.2 Å². The van der Waals surface area contributed by atoms with E-state index in [1.165, 1.54) is 57.8 Å². The number of ketones is 3. The molecule has 31 heteroatoms. The molecule has 2 amide bonds. The Morgan fingerprint density at radius 2 is 0.757 bits per heavy atom. The molecular weight excluding hydrogens is 1840 g/mol. The van der Waals surface area contributed by atoms with Crippen LogP contribution >= 0.6 is 34.0 Å². The van der Waals surface area contributed by atoms with E-state index in [4.69, 9.17) is 44.7 Å². The van der Waals surface area contributed by atoms with Crippen LogP contribution in [0.1, 0.15) is 167 Å². The Labute approximate surface area is 828 Å². The van der Waals surface area contributed by atoms with Crippen LogP contribution in [0.3, 0.4) is 0 Å². The quantitative estimate of drug-likeness (QED) is 0.0311. The normalized spacial score (nSPS) is 16.1. The minimum atomic E-state index is -0.948. The molecule has 738 valence electrons. The second-order valence-corrected chi connectivity index (χ2v) is 42.9. The number of thiophene rings is 3. The first kappa shape index (κ1) is 103. The van der Waals surface area contributed by atoms with Crippen LogP contribution in [0.15, 0.2) is 165 Å². The Balaban J connectivity index is 0.000000148. The summed E-state index contributed by atoms with van der Waals surface area (Å²) in [5, 5.41) is 12.3. The number of carbonyl (C=O) groups excluding carboxylic acids is 6. The predicted molar refractivity (Wildman–Crippen MR) is 541 cm³/mol. The third-order valence-electron chi connectivity index (χ3n) is 26.0. The number of carboxylic acid groups (broad SMARTS) is 1. The Bertz CT molecular complexity index is 6090. The number of pyridine rings is 6. The first-order chi connectivity index (χ1) is 67.2. The number of amides is 2. The van der Waals surface area contributed by atoms with Crippen LogP contribution in [0.25, 0.3) is 62.4 Å². The Morgan fingerprint density at radius 1 is 0.421 bits per heavy atom. The number of hydrogen-bond donors (Lipinski definition) is 3. The largest absolute Gasteiger partial charge is 0.481 e. The van der Waals surface area contributed by atoms with Gasteiger partial charge in [0.05, 0.1) is 80.7 Å². The molecule has 3 atom stereocenters. The van der Waals surface area contributed by atoms with Gasteiger partial charge in [-0.3, -0.25) is 78.2 Å². The lowest BCUT2D eigenvalue weighted by Gasteiger charge is -2.36. The molecule has 140 heavy (non-hydrogen) atoms. The van der Waals surface area contributed by atoms with Crippen LogP contribution in [-0.4, -0.2) is 191 Å². The highest BCUT2D eigenvalue weighted by Gasteiger charge is 2.33. The van der Waals surface area contributed by atoms with Gasteiger partial charge < -0.3 is 44.9 Å². The molecule has 6 fully saturated rings. The molecule has 12 aromatic rings. The van der Waals surface area contributed by atoms with Gasteiger partial charge in [-0.2, -0.15) is 0 Å². The number of aliphatic carboxylic acids is 1. The van der Waals surface area contributed by atoms with E-state index in [1.54, 1.807) is 108 Å². The maximum Gasteiger partial charge on any atom is 0.307 e. The summed E-state index contributed by atoms with van der Waals surface area (Å²) in [5.41, 5.74) is 15.8. The number of esters is 1. The Morgan fingerprint density at radius 3 is 1.05 bits per heavy atom. The minimum absolute atomic E-state index is 0.0344. The van der Waals surface area contributed by atoms with E-state index in [2.05, 4.69) is 67.0 Å². The maximum atomic E-state index is 15.0. The first-order valence-corrected chi connectivity index (χ1v) is 51.3. The van der Waals surface area contributed by atoms with Crippen molar-refractivity contribution in [1.82, 2.24) is 59.7 Å². The van der Waals surface area contributed by atoms with E-state index in [0.29, 0.717) is 90.0 Å². The van der Waals surface area contributed by atoms with Crippen molar-refractivity contribution in [2.45, 2.75) is 184 Å². The number of piperazine rings is 3. The Hall–Kier alpha value is -11.7. The number of hydrogen-bond acceptors (Lipinski definition) is 25. The topological polar surface area (TPSA) is 308 Å². The highest BCUT2D eigenvalue weighted by atomic mass is 32.1. The molecule has 0 radical (unpaired) electrons. The molecular formula is C109H126F3N13O12S3. The van der Waals surface area contributed by atoms with Crippen LogP contribution in [0, 0.1) is 64.8 Å². The molecule has 12 heterocycles. The third kappa shape index (κ3) is 29.1. The van der Waals surface area contributed by atoms with Crippen molar-refractivity contribution in [1.29, 1.82) is 0 Å². The van der Waals surface area contributed by atoms with Gasteiger partial charge in [-0.25, -0.2) is 13.2 Å². The number of fused-ring (bicyclic) bond motifs is 3. The molecule has 3 aliphatic heterocycles. The summed E-state index contributed by atoms with van der Waals surface area (Å²) in [5.74, 6) is 1.25. The standard InChI is InChI=1S/C35H39FN4O3S.C34H38FN5O3S.C29H29FN4O2S.C11H20O4/c1-22(2)23(3)35(42)40-14-12-39(13-15-40)21-26-6-8-29(38-20-26)33-19-30-34(44-33)32(10-11-37-30)43-31-9-7-25(18-28(31)36)17-27(41)16-24-4-5-24;1-21(2)32(36)34(42)40-13-11-39(12-14-40)20-24-5-7-27(38-19-24)31-18-28-33(44-31)30(9-10-37-28)43-29-8-6-23(17-26(29)35)16-25(41)15-22-3-4-22;30-23-15-20(14-22(35)13-19-1-2-19)4-6-26(23)36-27-7-8-32-25-16-28(37-29(25)27)24-5-3-21(17-33-24)18-34-11-9-31-10-12-34;1-7(2)8(10(13)14)6-9(12)15-11(3,4)5/h6-11,18-20,22-24H,4-5,12-17,21H2,1-3H3;5-10,17-19,21-22,32H,3-4,11-16,20,36H2,1-2H3;3-8,15-17,19,31H,1-2,9-14,18H2;7-8H,6H2,1-5H3,(H,13,14)/t23-;32-;;8-/m00.0/s1. The molecule has 0 bridgehead atoms. The summed E-state index contributed by atoms with van der Waals surface area (Å²) in [6.45, 7) is 31.8. The number of carbonyl (C=O) groups is 7. The highest BCUT2D eigenvalue weighted by molar-refractivity contribution is 7.23. The van der Waals surface area contributed by atoms with E-state index in [0.717, 1.165) is 197 Å². The number of rotatable bonds is 35. The zero-order valence-corrected chi connectivity index (χ0v) is 83.8. The van der Waals surface area contributed by atoms with E-state index in [9.17, 15) is 46.7 Å². The first-order valence-electron chi connectivity index (χ1n) is 48.8. The number of ether oxygens (including phenoxy) is 4. The summed E-state index contributed by atoms with van der Waals surface area (Å²) in [4.78, 5) is 126. The van der Waals surface area contributed by atoms with Gasteiger partial charge in [0.2, 0.25) is 11.8 Å². The monoisotopic (exact) mass is 1960 g/mol. The van der Waals surface area contributed by atoms with Crippen molar-refractivity contribution >= 4 is 106 Å². The lowest BCUT2D eigenvalue weighted by molar-refractivity contribution is -0.160. The lowest BCUT2D eigenvalue weighted by Crippen LogP contribution is -2.54. The highest BCUT2D eigenvalue weighted by Crippen LogP contribution is 2.45. The van der Waals surface area contributed by atoms with Gasteiger partial charge in [0.25, 0.3) is 0 Å². The number of nitrogens with two attached hydrogens (primary N) is 1. The molecule has 3 saturated heterocycles. The van der Waals surface area contributed by atoms with Gasteiger partial charge >= 0.3 is 11.9 Å². The van der Waals surface area contributed by atoms with Gasteiger partial charge in [-0.1, -0.05) is 84.9 Å². The number of carboxylic acids is 1. The van der Waals surface area contributed by atoms with E-state index >= 15 is 0 Å². The molecule has 0 spiro atoms. The average Bonchev–Trinajstić information content (AvgIpc) is 1.65. The van der Waals surface area contributed by atoms with E-state index in [-0.39, 0.29) is 89.8 Å². The fourth-order valence-electron chi connectivity index (χ4n) is 16.9.